The third kappa shape index (κ3) is 1.59. The molecule has 1 aromatic heterocycles. The highest BCUT2D eigenvalue weighted by atomic mass is 16.1. The summed E-state index contributed by atoms with van der Waals surface area (Å²) >= 11 is 0. The zero-order chi connectivity index (χ0) is 12.0. The number of hydrogen-bond acceptors (Lipinski definition) is 1. The van der Waals surface area contributed by atoms with Gasteiger partial charge in [-0.1, -0.05) is 18.2 Å². The van der Waals surface area contributed by atoms with E-state index in [2.05, 4.69) is 36.6 Å². The molecule has 1 heterocycles. The van der Waals surface area contributed by atoms with Crippen LogP contribution in [0.25, 0.3) is 10.9 Å². The molecule has 88 valence electrons. The Labute approximate surface area is 101 Å². The number of hydrogen-bond donors (Lipinski definition) is 0. The molecule has 0 saturated heterocycles. The van der Waals surface area contributed by atoms with Crippen LogP contribution in [0.2, 0.25) is 0 Å². The first-order valence-corrected chi connectivity index (χ1v) is 6.31. The normalized spacial score (nSPS) is 15.7. The van der Waals surface area contributed by atoms with Crippen molar-refractivity contribution in [3.05, 3.63) is 35.5 Å². The Morgan fingerprint density at radius 1 is 1.35 bits per heavy atom. The number of benzene rings is 1. The molecule has 1 aliphatic rings. The summed E-state index contributed by atoms with van der Waals surface area (Å²) < 4.78 is 2.24. The highest BCUT2D eigenvalue weighted by molar-refractivity contribution is 5.99. The highest BCUT2D eigenvalue weighted by Gasteiger charge is 2.27. The van der Waals surface area contributed by atoms with Crippen LogP contribution in [-0.4, -0.2) is 10.9 Å². The molecular weight excluding hydrogens is 210 g/mol. The minimum atomic E-state index is 0.395. The summed E-state index contributed by atoms with van der Waals surface area (Å²) in [5.74, 6) is 0.714. The molecule has 1 aromatic carbocycles. The van der Waals surface area contributed by atoms with Crippen LogP contribution in [0.15, 0.2) is 24.4 Å². The standard InChI is InChI=1S/C15H17NO/c1-10(2)16-8-12(9-17)14-5-3-4-13(15(14)16)11-6-7-11/h3-5,8-11H,6-7H2,1-2H3. The van der Waals surface area contributed by atoms with Gasteiger partial charge in [-0.15, -0.1) is 0 Å². The average molecular weight is 227 g/mol. The summed E-state index contributed by atoms with van der Waals surface area (Å²) in [7, 11) is 0. The van der Waals surface area contributed by atoms with Crippen molar-refractivity contribution in [2.24, 2.45) is 0 Å². The highest BCUT2D eigenvalue weighted by Crippen LogP contribution is 2.44. The van der Waals surface area contributed by atoms with Crippen molar-refractivity contribution < 1.29 is 4.79 Å². The maximum absolute atomic E-state index is 11.1. The molecule has 0 bridgehead atoms. The Balaban J connectivity index is 2.35. The van der Waals surface area contributed by atoms with Crippen LogP contribution in [0.3, 0.4) is 0 Å². The van der Waals surface area contributed by atoms with Gasteiger partial charge in [0, 0.05) is 23.2 Å². The lowest BCUT2D eigenvalue weighted by Crippen LogP contribution is -2.00. The van der Waals surface area contributed by atoms with E-state index >= 15 is 0 Å². The van der Waals surface area contributed by atoms with Crippen LogP contribution in [0.4, 0.5) is 0 Å². The maximum Gasteiger partial charge on any atom is 0.152 e. The Bertz CT molecular complexity index is 576. The van der Waals surface area contributed by atoms with Crippen LogP contribution < -0.4 is 0 Å². The Hall–Kier alpha value is -1.57. The quantitative estimate of drug-likeness (QED) is 0.728. The first kappa shape index (κ1) is 10.6. The molecule has 0 unspecified atom stereocenters. The van der Waals surface area contributed by atoms with Crippen LogP contribution in [0, 0.1) is 0 Å². The van der Waals surface area contributed by atoms with E-state index in [1.54, 1.807) is 0 Å². The molecule has 1 fully saturated rings. The number of para-hydroxylation sites is 1. The van der Waals surface area contributed by atoms with Crippen molar-refractivity contribution in [3.8, 4) is 0 Å². The van der Waals surface area contributed by atoms with Gasteiger partial charge in [0.2, 0.25) is 0 Å². The van der Waals surface area contributed by atoms with Crippen LogP contribution in [0.5, 0.6) is 0 Å². The third-order valence-corrected chi connectivity index (χ3v) is 3.62. The van der Waals surface area contributed by atoms with Crippen molar-refractivity contribution in [3.63, 3.8) is 0 Å². The van der Waals surface area contributed by atoms with Crippen molar-refractivity contribution in [2.45, 2.75) is 38.6 Å². The van der Waals surface area contributed by atoms with Crippen LogP contribution >= 0.6 is 0 Å². The van der Waals surface area contributed by atoms with Crippen LogP contribution in [-0.2, 0) is 0 Å². The van der Waals surface area contributed by atoms with E-state index in [1.165, 1.54) is 23.9 Å². The zero-order valence-corrected chi connectivity index (χ0v) is 10.3. The predicted molar refractivity (Wildman–Crippen MR) is 69.7 cm³/mol. The smallest absolute Gasteiger partial charge is 0.152 e. The summed E-state index contributed by atoms with van der Waals surface area (Å²) in [6.07, 6.45) is 5.55. The fourth-order valence-electron chi connectivity index (χ4n) is 2.59. The van der Waals surface area contributed by atoms with Gasteiger partial charge >= 0.3 is 0 Å². The van der Waals surface area contributed by atoms with Crippen LogP contribution in [0.1, 0.15) is 54.6 Å². The number of aromatic nitrogens is 1. The van der Waals surface area contributed by atoms with E-state index in [0.29, 0.717) is 12.0 Å². The Kier molecular flexibility index (Phi) is 2.32. The van der Waals surface area contributed by atoms with Crippen molar-refractivity contribution in [1.29, 1.82) is 0 Å². The van der Waals surface area contributed by atoms with Gasteiger partial charge in [0.05, 0.1) is 5.52 Å². The second-order valence-electron chi connectivity index (χ2n) is 5.22. The molecule has 0 amide bonds. The van der Waals surface area contributed by atoms with Crippen molar-refractivity contribution >= 4 is 17.2 Å². The Morgan fingerprint density at radius 3 is 2.71 bits per heavy atom. The molecule has 0 radical (unpaired) electrons. The molecular formula is C15H17NO. The molecule has 3 rings (SSSR count). The van der Waals surface area contributed by atoms with E-state index in [0.717, 1.165) is 17.2 Å². The molecule has 1 aliphatic carbocycles. The van der Waals surface area contributed by atoms with Gasteiger partial charge in [-0.05, 0) is 38.2 Å². The fourth-order valence-corrected chi connectivity index (χ4v) is 2.59. The number of carbonyl (C=O) groups excluding carboxylic acids is 1. The molecule has 0 atom stereocenters. The van der Waals surface area contributed by atoms with Crippen molar-refractivity contribution in [2.75, 3.05) is 0 Å². The molecule has 2 heteroatoms. The molecule has 0 spiro atoms. The third-order valence-electron chi connectivity index (χ3n) is 3.62. The summed E-state index contributed by atoms with van der Waals surface area (Å²) in [6.45, 7) is 4.33. The second-order valence-corrected chi connectivity index (χ2v) is 5.22. The number of nitrogens with zero attached hydrogens (tertiary/aromatic N) is 1. The van der Waals surface area contributed by atoms with Gasteiger partial charge in [-0.3, -0.25) is 4.79 Å². The number of rotatable bonds is 3. The van der Waals surface area contributed by atoms with Gasteiger partial charge in [0.25, 0.3) is 0 Å². The average Bonchev–Trinajstić information content (AvgIpc) is 3.08. The predicted octanol–water partition coefficient (Wildman–Crippen LogP) is 3.91. The topological polar surface area (TPSA) is 22.0 Å². The van der Waals surface area contributed by atoms with Crippen molar-refractivity contribution in [1.82, 2.24) is 4.57 Å². The monoisotopic (exact) mass is 227 g/mol. The molecule has 0 N–H and O–H groups in total. The van der Waals surface area contributed by atoms with Gasteiger partial charge in [0.15, 0.2) is 6.29 Å². The van der Waals surface area contributed by atoms with E-state index in [9.17, 15) is 4.79 Å². The van der Waals surface area contributed by atoms with Gasteiger partial charge < -0.3 is 4.57 Å². The summed E-state index contributed by atoms with van der Waals surface area (Å²) in [6, 6.07) is 6.75. The number of aldehydes is 1. The fraction of sp³-hybridized carbons (Fsp3) is 0.400. The van der Waals surface area contributed by atoms with E-state index in [4.69, 9.17) is 0 Å². The summed E-state index contributed by atoms with van der Waals surface area (Å²) in [4.78, 5) is 11.1. The number of fused-ring (bicyclic) bond motifs is 1. The molecule has 2 aromatic rings. The molecule has 2 nitrogen and oxygen atoms in total. The van der Waals surface area contributed by atoms with Gasteiger partial charge in [0.1, 0.15) is 0 Å². The maximum atomic E-state index is 11.1. The van der Waals surface area contributed by atoms with E-state index < -0.39 is 0 Å². The lowest BCUT2D eigenvalue weighted by molar-refractivity contribution is 0.112. The molecule has 17 heavy (non-hydrogen) atoms. The second kappa shape index (κ2) is 3.73. The SMILES string of the molecule is CC(C)n1cc(C=O)c2cccc(C3CC3)c21. The first-order chi connectivity index (χ1) is 8.22. The summed E-state index contributed by atoms with van der Waals surface area (Å²) in [5.41, 5.74) is 3.51. The van der Waals surface area contributed by atoms with E-state index in [-0.39, 0.29) is 0 Å². The zero-order valence-electron chi connectivity index (χ0n) is 10.3. The molecule has 0 aliphatic heterocycles. The minimum absolute atomic E-state index is 0.395. The lowest BCUT2D eigenvalue weighted by Gasteiger charge is -2.12. The summed E-state index contributed by atoms with van der Waals surface area (Å²) in [5, 5.41) is 1.11. The lowest BCUT2D eigenvalue weighted by atomic mass is 10.1. The Morgan fingerprint density at radius 2 is 2.12 bits per heavy atom. The van der Waals surface area contributed by atoms with Gasteiger partial charge in [-0.25, -0.2) is 0 Å². The van der Waals surface area contributed by atoms with E-state index in [1.807, 2.05) is 6.20 Å². The molecule has 1 saturated carbocycles. The largest absolute Gasteiger partial charge is 0.344 e. The van der Waals surface area contributed by atoms with Gasteiger partial charge in [-0.2, -0.15) is 0 Å². The number of carbonyl (C=O) groups is 1. The minimum Gasteiger partial charge on any atom is -0.344 e. The first-order valence-electron chi connectivity index (χ1n) is 6.31.